The number of benzene rings is 2. The lowest BCUT2D eigenvalue weighted by Crippen LogP contribution is -2.44. The molecule has 200 valence electrons. The third kappa shape index (κ3) is 5.83. The monoisotopic (exact) mass is 545 g/mol. The zero-order valence-corrected chi connectivity index (χ0v) is 21.6. The standard InChI is InChI=1S/C27H26F3N3O4S/c1-26(2,18-33-12-14-36-15-13-33)24-16-22(23(17-31)25(32-24)38(34,35)27(28,29)30)19-8-10-21(11-9-19)37-20-6-4-3-5-7-20/h3-11,16H,12-15,18H2,1-2H3. The molecule has 0 spiro atoms. The first-order chi connectivity index (χ1) is 17.9. The van der Waals surface area contributed by atoms with Gasteiger partial charge in [0.05, 0.1) is 18.8 Å². The second-order valence-electron chi connectivity index (χ2n) is 9.51. The topological polar surface area (TPSA) is 92.5 Å². The number of rotatable bonds is 7. The van der Waals surface area contributed by atoms with E-state index in [4.69, 9.17) is 9.47 Å². The van der Waals surface area contributed by atoms with Gasteiger partial charge in [0, 0.05) is 36.3 Å². The molecule has 2 aromatic carbocycles. The zero-order valence-electron chi connectivity index (χ0n) is 20.8. The number of hydrogen-bond donors (Lipinski definition) is 0. The third-order valence-electron chi connectivity index (χ3n) is 6.22. The average Bonchev–Trinajstić information content (AvgIpc) is 2.88. The molecule has 38 heavy (non-hydrogen) atoms. The molecule has 2 heterocycles. The molecule has 7 nitrogen and oxygen atoms in total. The molecule has 0 bridgehead atoms. The Morgan fingerprint density at radius 1 is 1.03 bits per heavy atom. The fourth-order valence-corrected chi connectivity index (χ4v) is 5.10. The van der Waals surface area contributed by atoms with Crippen LogP contribution in [0.25, 0.3) is 11.1 Å². The smallest absolute Gasteiger partial charge is 0.457 e. The Hall–Kier alpha value is -3.46. The number of nitrogens with zero attached hydrogens (tertiary/aromatic N) is 3. The van der Waals surface area contributed by atoms with Crippen molar-refractivity contribution in [2.45, 2.75) is 29.8 Å². The van der Waals surface area contributed by atoms with Gasteiger partial charge in [-0.2, -0.15) is 18.4 Å². The lowest BCUT2D eigenvalue weighted by molar-refractivity contribution is -0.0438. The number of halogens is 3. The van der Waals surface area contributed by atoms with Crippen molar-refractivity contribution in [3.63, 3.8) is 0 Å². The van der Waals surface area contributed by atoms with E-state index in [2.05, 4.69) is 9.88 Å². The van der Waals surface area contributed by atoms with Crippen LogP contribution in [0.3, 0.4) is 0 Å². The maximum atomic E-state index is 13.7. The molecule has 0 unspecified atom stereocenters. The SMILES string of the molecule is CC(C)(CN1CCOCC1)c1cc(-c2ccc(Oc3ccccc3)cc2)c(C#N)c(S(=O)(=O)C(F)(F)F)n1. The van der Waals surface area contributed by atoms with Crippen LogP contribution in [-0.4, -0.2) is 56.7 Å². The summed E-state index contributed by atoms with van der Waals surface area (Å²) in [5, 5.41) is 8.53. The molecule has 1 aliphatic rings. The molecule has 0 N–H and O–H groups in total. The maximum absolute atomic E-state index is 13.7. The van der Waals surface area contributed by atoms with Crippen LogP contribution in [0.15, 0.2) is 65.7 Å². The Balaban J connectivity index is 1.82. The highest BCUT2D eigenvalue weighted by Crippen LogP contribution is 2.38. The van der Waals surface area contributed by atoms with Gasteiger partial charge in [-0.05, 0) is 35.9 Å². The van der Waals surface area contributed by atoms with E-state index in [1.54, 1.807) is 56.3 Å². The van der Waals surface area contributed by atoms with Gasteiger partial charge in [0.15, 0.2) is 5.03 Å². The van der Waals surface area contributed by atoms with E-state index in [9.17, 15) is 26.9 Å². The molecule has 0 radical (unpaired) electrons. The van der Waals surface area contributed by atoms with Crippen molar-refractivity contribution >= 4 is 9.84 Å². The minimum absolute atomic E-state index is 0.0432. The first kappa shape index (κ1) is 27.6. The van der Waals surface area contributed by atoms with Crippen LogP contribution in [0.2, 0.25) is 0 Å². The van der Waals surface area contributed by atoms with Gasteiger partial charge in [-0.3, -0.25) is 4.90 Å². The minimum atomic E-state index is -5.91. The number of sulfone groups is 1. The van der Waals surface area contributed by atoms with Gasteiger partial charge in [0.1, 0.15) is 17.6 Å². The molecule has 3 aromatic rings. The summed E-state index contributed by atoms with van der Waals surface area (Å²) in [4.78, 5) is 6.05. The van der Waals surface area contributed by atoms with Crippen LogP contribution in [0.1, 0.15) is 25.1 Å². The van der Waals surface area contributed by atoms with E-state index in [1.165, 1.54) is 6.07 Å². The number of para-hydroxylation sites is 1. The van der Waals surface area contributed by atoms with Crippen molar-refractivity contribution in [2.24, 2.45) is 0 Å². The van der Waals surface area contributed by atoms with Crippen molar-refractivity contribution in [2.75, 3.05) is 32.8 Å². The summed E-state index contributed by atoms with van der Waals surface area (Å²) in [6.45, 7) is 6.26. The average molecular weight is 546 g/mol. The maximum Gasteiger partial charge on any atom is 0.503 e. The number of nitriles is 1. The van der Waals surface area contributed by atoms with Crippen molar-refractivity contribution in [3.05, 3.63) is 71.9 Å². The van der Waals surface area contributed by atoms with Crippen LogP contribution in [0.5, 0.6) is 11.5 Å². The summed E-state index contributed by atoms with van der Waals surface area (Å²) >= 11 is 0. The molecule has 1 saturated heterocycles. The lowest BCUT2D eigenvalue weighted by atomic mass is 9.86. The quantitative estimate of drug-likeness (QED) is 0.397. The summed E-state index contributed by atoms with van der Waals surface area (Å²) in [5.74, 6) is 1.05. The molecule has 11 heteroatoms. The van der Waals surface area contributed by atoms with Gasteiger partial charge < -0.3 is 9.47 Å². The Labute approximate surface area is 219 Å². The normalized spacial score (nSPS) is 15.2. The number of ether oxygens (including phenoxy) is 2. The molecule has 1 aliphatic heterocycles. The van der Waals surface area contributed by atoms with Crippen LogP contribution in [0.4, 0.5) is 13.2 Å². The molecule has 1 fully saturated rings. The number of pyridine rings is 1. The van der Waals surface area contributed by atoms with E-state index < -0.39 is 31.3 Å². The van der Waals surface area contributed by atoms with Gasteiger partial charge in [0.2, 0.25) is 0 Å². The molecule has 0 saturated carbocycles. The number of morpholine rings is 1. The van der Waals surface area contributed by atoms with Crippen molar-refractivity contribution in [1.82, 2.24) is 9.88 Å². The van der Waals surface area contributed by atoms with Gasteiger partial charge in [-0.25, -0.2) is 13.4 Å². The van der Waals surface area contributed by atoms with E-state index >= 15 is 0 Å². The van der Waals surface area contributed by atoms with Crippen LogP contribution in [0, 0.1) is 11.3 Å². The molecule has 0 aliphatic carbocycles. The Kier molecular flexibility index (Phi) is 7.78. The first-order valence-corrected chi connectivity index (χ1v) is 13.3. The Morgan fingerprint density at radius 3 is 2.21 bits per heavy atom. The van der Waals surface area contributed by atoms with Crippen LogP contribution in [-0.2, 0) is 20.0 Å². The largest absolute Gasteiger partial charge is 0.503 e. The summed E-state index contributed by atoms with van der Waals surface area (Å²) in [7, 11) is -5.91. The van der Waals surface area contributed by atoms with Crippen molar-refractivity contribution < 1.29 is 31.1 Å². The number of hydrogen-bond acceptors (Lipinski definition) is 7. The Morgan fingerprint density at radius 2 is 1.63 bits per heavy atom. The predicted octanol–water partition coefficient (Wildman–Crippen LogP) is 5.32. The first-order valence-electron chi connectivity index (χ1n) is 11.8. The molecule has 1 aromatic heterocycles. The molecule has 0 atom stereocenters. The van der Waals surface area contributed by atoms with Crippen molar-refractivity contribution in [3.8, 4) is 28.7 Å². The Bertz CT molecular complexity index is 1430. The molecule has 4 rings (SSSR count). The lowest BCUT2D eigenvalue weighted by Gasteiger charge is -2.35. The molecule has 0 amide bonds. The van der Waals surface area contributed by atoms with Crippen LogP contribution < -0.4 is 4.74 Å². The fraction of sp³-hybridized carbons (Fsp3) is 0.333. The summed E-state index contributed by atoms with van der Waals surface area (Å²) < 4.78 is 77.2. The fourth-order valence-electron chi connectivity index (χ4n) is 4.23. The zero-order chi connectivity index (χ0) is 27.6. The summed E-state index contributed by atoms with van der Waals surface area (Å²) in [5.41, 5.74) is -6.60. The van der Waals surface area contributed by atoms with E-state index in [0.717, 1.165) is 0 Å². The van der Waals surface area contributed by atoms with E-state index in [1.807, 2.05) is 18.2 Å². The van der Waals surface area contributed by atoms with Gasteiger partial charge >= 0.3 is 5.51 Å². The second-order valence-corrected chi connectivity index (χ2v) is 11.4. The highest BCUT2D eigenvalue weighted by Gasteiger charge is 2.50. The second kappa shape index (κ2) is 10.7. The summed E-state index contributed by atoms with van der Waals surface area (Å²) in [6.07, 6.45) is 0. The third-order valence-corrected chi connectivity index (χ3v) is 7.63. The highest BCUT2D eigenvalue weighted by molar-refractivity contribution is 7.92. The van der Waals surface area contributed by atoms with Gasteiger partial charge in [-0.15, -0.1) is 0 Å². The van der Waals surface area contributed by atoms with Crippen molar-refractivity contribution in [1.29, 1.82) is 5.26 Å². The molecular weight excluding hydrogens is 519 g/mol. The minimum Gasteiger partial charge on any atom is -0.457 e. The number of alkyl halides is 3. The van der Waals surface area contributed by atoms with E-state index in [-0.39, 0.29) is 11.3 Å². The van der Waals surface area contributed by atoms with E-state index in [0.29, 0.717) is 49.9 Å². The van der Waals surface area contributed by atoms with Gasteiger partial charge in [0.25, 0.3) is 9.84 Å². The summed E-state index contributed by atoms with van der Waals surface area (Å²) in [6, 6.07) is 18.5. The number of aromatic nitrogens is 1. The highest BCUT2D eigenvalue weighted by atomic mass is 32.2. The van der Waals surface area contributed by atoms with Crippen LogP contribution >= 0.6 is 0 Å². The predicted molar refractivity (Wildman–Crippen MR) is 134 cm³/mol. The molecular formula is C27H26F3N3O4S. The van der Waals surface area contributed by atoms with Gasteiger partial charge in [-0.1, -0.05) is 44.2 Å².